The van der Waals surface area contributed by atoms with E-state index in [1.165, 1.54) is 10.2 Å². The predicted octanol–water partition coefficient (Wildman–Crippen LogP) is 7.81. The third-order valence-corrected chi connectivity index (χ3v) is 12.6. The van der Waals surface area contributed by atoms with Crippen LogP contribution >= 0.6 is 0 Å². The maximum atomic E-state index is 13.4. The second-order valence-corrected chi connectivity index (χ2v) is 18.7. The number of anilines is 4. The Kier molecular flexibility index (Phi) is 14.3. The van der Waals surface area contributed by atoms with Gasteiger partial charge in [-0.1, -0.05) is 18.2 Å². The highest BCUT2D eigenvalue weighted by Crippen LogP contribution is 2.33. The van der Waals surface area contributed by atoms with E-state index in [-0.39, 0.29) is 18.1 Å². The normalized spacial score (nSPS) is 11.5. The topological polar surface area (TPSA) is 230 Å². The van der Waals surface area contributed by atoms with Crippen molar-refractivity contribution in [1.82, 2.24) is 44.2 Å². The summed E-state index contributed by atoms with van der Waals surface area (Å²) in [6, 6.07) is 30.5. The Balaban J connectivity index is 0.000000196. The zero-order valence-electron chi connectivity index (χ0n) is 37.4. The summed E-state index contributed by atoms with van der Waals surface area (Å²) in [4.78, 5) is 30.0. The van der Waals surface area contributed by atoms with Crippen molar-refractivity contribution in [3.63, 3.8) is 0 Å². The lowest BCUT2D eigenvalue weighted by molar-refractivity contribution is 0.222. The van der Waals surface area contributed by atoms with Gasteiger partial charge < -0.3 is 30.4 Å². The molecular formula is C48H47N11O7S2. The van der Waals surface area contributed by atoms with Crippen LogP contribution in [0.15, 0.2) is 145 Å². The first-order valence-corrected chi connectivity index (χ1v) is 24.5. The zero-order chi connectivity index (χ0) is 47.7. The van der Waals surface area contributed by atoms with Crippen LogP contribution in [0.1, 0.15) is 11.1 Å². The van der Waals surface area contributed by atoms with Crippen molar-refractivity contribution in [3.8, 4) is 34.0 Å². The van der Waals surface area contributed by atoms with E-state index in [2.05, 4.69) is 55.0 Å². The van der Waals surface area contributed by atoms with E-state index in [0.29, 0.717) is 46.5 Å². The molecule has 0 unspecified atom stereocenters. The number of aromatic nitrogens is 8. The molecule has 68 heavy (non-hydrogen) atoms. The largest absolute Gasteiger partial charge is 0.492 e. The number of nitrogens with zero attached hydrogens (tertiary/aromatic N) is 7. The maximum Gasteiger partial charge on any atom is 0.269 e. The monoisotopic (exact) mass is 953 g/mol. The van der Waals surface area contributed by atoms with Gasteiger partial charge in [-0.15, -0.1) is 0 Å². The summed E-state index contributed by atoms with van der Waals surface area (Å²) in [5.41, 5.74) is 7.65. The van der Waals surface area contributed by atoms with Gasteiger partial charge >= 0.3 is 0 Å². The molecule has 4 N–H and O–H groups in total. The molecule has 0 atom stereocenters. The summed E-state index contributed by atoms with van der Waals surface area (Å²) in [6.45, 7) is 5.34. The molecule has 0 spiro atoms. The van der Waals surface area contributed by atoms with Crippen molar-refractivity contribution in [3.05, 3.63) is 151 Å². The number of rotatable bonds is 17. The van der Waals surface area contributed by atoms with E-state index in [4.69, 9.17) is 9.47 Å². The van der Waals surface area contributed by atoms with Gasteiger partial charge in [0.1, 0.15) is 37.0 Å². The maximum absolute atomic E-state index is 13.4. The van der Waals surface area contributed by atoms with Gasteiger partial charge in [0.05, 0.1) is 22.5 Å². The zero-order valence-corrected chi connectivity index (χ0v) is 39.0. The summed E-state index contributed by atoms with van der Waals surface area (Å²) in [5.74, 6) is 2.25. The molecule has 0 aliphatic heterocycles. The highest BCUT2D eigenvalue weighted by atomic mass is 32.2. The van der Waals surface area contributed by atoms with Crippen molar-refractivity contribution >= 4 is 65.5 Å². The molecule has 20 heteroatoms. The van der Waals surface area contributed by atoms with Crippen LogP contribution in [0.3, 0.4) is 0 Å². The van der Waals surface area contributed by atoms with Crippen LogP contribution in [0.5, 0.6) is 11.5 Å². The number of pyridine rings is 2. The summed E-state index contributed by atoms with van der Waals surface area (Å²) in [5, 5.41) is 11.2. The van der Waals surface area contributed by atoms with Crippen LogP contribution in [-0.2, 0) is 24.3 Å². The Bertz CT molecular complexity index is 3420. The number of nitrogens with one attached hydrogen (secondary N) is 4. The Morgan fingerprint density at radius 3 is 1.85 bits per heavy atom. The van der Waals surface area contributed by atoms with E-state index >= 15 is 0 Å². The van der Waals surface area contributed by atoms with E-state index in [1.807, 2.05) is 63.5 Å². The second kappa shape index (κ2) is 20.8. The third kappa shape index (κ3) is 11.2. The fourth-order valence-electron chi connectivity index (χ4n) is 7.02. The molecule has 6 heterocycles. The number of benzene rings is 3. The Hall–Kier alpha value is -7.78. The molecule has 3 aromatic carbocycles. The van der Waals surface area contributed by atoms with Crippen LogP contribution in [0, 0.1) is 13.8 Å². The van der Waals surface area contributed by atoms with Crippen LogP contribution in [0.4, 0.5) is 23.3 Å². The standard InChI is InChI=1S/C27H25N5O6S2.C21H22N6O/c1-19-17-20(37-15-16-38-39(2,33)34)10-11-24(19)30-27-29-14-12-25(31-27)23-18-32(26-22(23)9-6-13-28-26)40(35,36)21-7-4-3-5-8-21;1-14-12-15(28-11-10-22-2)5-6-18(14)26-21-24-9-7-19(27-21)17-13-25-20-16(17)4-3-8-23-20/h3-14,17-18H,15-16H2,1-2H3,(H,29,30,31);3-9,12-13,22H,10-11H2,1-2H3,(H,23,25)(H,24,26,27). The van der Waals surface area contributed by atoms with Crippen LogP contribution < -0.4 is 25.4 Å². The molecule has 0 radical (unpaired) electrons. The first kappa shape index (κ1) is 46.7. The molecule has 348 valence electrons. The van der Waals surface area contributed by atoms with Crippen LogP contribution in [0.2, 0.25) is 0 Å². The van der Waals surface area contributed by atoms with Gasteiger partial charge in [-0.2, -0.15) is 8.42 Å². The molecule has 0 saturated carbocycles. The summed E-state index contributed by atoms with van der Waals surface area (Å²) >= 11 is 0. The van der Waals surface area contributed by atoms with E-state index in [0.717, 1.165) is 63.3 Å². The summed E-state index contributed by atoms with van der Waals surface area (Å²) in [7, 11) is -5.51. The molecule has 0 amide bonds. The predicted molar refractivity (Wildman–Crippen MR) is 262 cm³/mol. The number of hydrogen-bond acceptors (Lipinski definition) is 16. The Labute approximate surface area is 393 Å². The van der Waals surface area contributed by atoms with Gasteiger partial charge in [0.2, 0.25) is 11.9 Å². The van der Waals surface area contributed by atoms with Gasteiger partial charge in [-0.25, -0.2) is 42.3 Å². The lowest BCUT2D eigenvalue weighted by Crippen LogP contribution is -2.15. The Morgan fingerprint density at radius 2 is 1.24 bits per heavy atom. The number of likely N-dealkylation sites (N-methyl/N-ethyl adjacent to an activating group) is 1. The van der Waals surface area contributed by atoms with Gasteiger partial charge in [0, 0.05) is 77.0 Å². The molecule has 9 aromatic rings. The Morgan fingerprint density at radius 1 is 0.632 bits per heavy atom. The fraction of sp³-hybridized carbons (Fsp3) is 0.167. The van der Waals surface area contributed by atoms with Crippen molar-refractivity contribution in [2.75, 3.05) is 50.3 Å². The van der Waals surface area contributed by atoms with Gasteiger partial charge in [0.15, 0.2) is 5.65 Å². The number of hydrogen-bond donors (Lipinski definition) is 4. The molecule has 0 aliphatic carbocycles. The molecule has 0 aliphatic rings. The lowest BCUT2D eigenvalue weighted by atomic mass is 10.1. The average molecular weight is 954 g/mol. The fourth-order valence-corrected chi connectivity index (χ4v) is 8.74. The van der Waals surface area contributed by atoms with Crippen LogP contribution in [0.25, 0.3) is 44.6 Å². The number of aryl methyl sites for hydroxylation is 2. The smallest absolute Gasteiger partial charge is 0.269 e. The van der Waals surface area contributed by atoms with E-state index in [1.54, 1.807) is 91.5 Å². The SMILES string of the molecule is CNCCOc1ccc(Nc2nccc(-c3c[nH]c4ncccc34)n2)c(C)c1.Cc1cc(OCCOS(C)(=O)=O)ccc1Nc1nccc(-c2cn(S(=O)(=O)c3ccccc3)c3ncccc23)n1. The van der Waals surface area contributed by atoms with Crippen LogP contribution in [-0.4, -0.2) is 95.4 Å². The third-order valence-electron chi connectivity index (χ3n) is 10.3. The molecule has 9 rings (SSSR count). The van der Waals surface area contributed by atoms with Gasteiger partial charge in [-0.3, -0.25) is 4.18 Å². The van der Waals surface area contributed by atoms with Gasteiger partial charge in [-0.05, 0) is 117 Å². The first-order chi connectivity index (χ1) is 32.9. The second-order valence-electron chi connectivity index (χ2n) is 15.2. The lowest BCUT2D eigenvalue weighted by Gasteiger charge is -2.12. The first-order valence-electron chi connectivity index (χ1n) is 21.2. The molecule has 0 bridgehead atoms. The number of aromatic amines is 1. The molecular weight excluding hydrogens is 907 g/mol. The van der Waals surface area contributed by atoms with Crippen molar-refractivity contribution in [2.45, 2.75) is 18.7 Å². The van der Waals surface area contributed by atoms with Crippen molar-refractivity contribution in [2.24, 2.45) is 0 Å². The van der Waals surface area contributed by atoms with Crippen molar-refractivity contribution < 1.29 is 30.5 Å². The quantitative estimate of drug-likeness (QED) is 0.0504. The number of ether oxygens (including phenoxy) is 2. The summed E-state index contributed by atoms with van der Waals surface area (Å²) in [6.07, 6.45) is 11.1. The number of H-pyrrole nitrogens is 1. The number of fused-ring (bicyclic) bond motifs is 2. The van der Waals surface area contributed by atoms with Gasteiger partial charge in [0.25, 0.3) is 20.1 Å². The molecule has 0 fully saturated rings. The summed E-state index contributed by atoms with van der Waals surface area (Å²) < 4.78 is 66.1. The highest BCUT2D eigenvalue weighted by molar-refractivity contribution is 7.90. The molecule has 0 saturated heterocycles. The minimum absolute atomic E-state index is 0.0763. The van der Waals surface area contributed by atoms with E-state index < -0.39 is 20.1 Å². The highest BCUT2D eigenvalue weighted by Gasteiger charge is 2.23. The average Bonchev–Trinajstić information content (AvgIpc) is 3.96. The minimum Gasteiger partial charge on any atom is -0.492 e. The minimum atomic E-state index is -3.89. The molecule has 6 aromatic heterocycles. The van der Waals surface area contributed by atoms with Crippen molar-refractivity contribution in [1.29, 1.82) is 0 Å². The molecule has 18 nitrogen and oxygen atoms in total. The van der Waals surface area contributed by atoms with E-state index in [9.17, 15) is 16.8 Å².